The molecule has 2 aliphatic rings. The van der Waals surface area contributed by atoms with Crippen molar-refractivity contribution < 1.29 is 9.53 Å². The van der Waals surface area contributed by atoms with Crippen molar-refractivity contribution in [3.05, 3.63) is 29.8 Å². The first-order valence-electron chi connectivity index (χ1n) is 10.7. The van der Waals surface area contributed by atoms with Gasteiger partial charge in [0.1, 0.15) is 12.3 Å². The third-order valence-corrected chi connectivity index (χ3v) is 5.75. The van der Waals surface area contributed by atoms with Gasteiger partial charge in [0.15, 0.2) is 5.96 Å². The molecule has 0 spiro atoms. The molecule has 0 radical (unpaired) electrons. The molecule has 1 aromatic carbocycles. The van der Waals surface area contributed by atoms with Gasteiger partial charge < -0.3 is 20.3 Å². The van der Waals surface area contributed by atoms with Crippen molar-refractivity contribution in [1.82, 2.24) is 15.5 Å². The minimum absolute atomic E-state index is 0.0354. The smallest absolute Gasteiger partial charge is 0.242 e. The van der Waals surface area contributed by atoms with E-state index in [0.29, 0.717) is 12.0 Å². The number of methoxy groups -OCH3 is 1. The molecule has 0 bridgehead atoms. The highest BCUT2D eigenvalue weighted by molar-refractivity contribution is 5.85. The lowest BCUT2D eigenvalue weighted by atomic mass is 9.95. The van der Waals surface area contributed by atoms with E-state index in [9.17, 15) is 4.79 Å². The van der Waals surface area contributed by atoms with Gasteiger partial charge in [-0.2, -0.15) is 0 Å². The van der Waals surface area contributed by atoms with Crippen LogP contribution in [0, 0.1) is 0 Å². The minimum atomic E-state index is 0.0354. The van der Waals surface area contributed by atoms with E-state index in [-0.39, 0.29) is 12.5 Å². The maximum atomic E-state index is 12.3. The fraction of sp³-hybridized carbons (Fsp3) is 0.636. The van der Waals surface area contributed by atoms with Crippen molar-refractivity contribution in [2.24, 2.45) is 4.99 Å². The second kappa shape index (κ2) is 10.3. The Morgan fingerprint density at radius 1 is 1.18 bits per heavy atom. The number of guanidine groups is 1. The van der Waals surface area contributed by atoms with Crippen LogP contribution >= 0.6 is 0 Å². The maximum Gasteiger partial charge on any atom is 0.242 e. The summed E-state index contributed by atoms with van der Waals surface area (Å²) in [6.07, 6.45) is 7.02. The van der Waals surface area contributed by atoms with Gasteiger partial charge in [-0.15, -0.1) is 0 Å². The van der Waals surface area contributed by atoms with Crippen molar-refractivity contribution in [3.63, 3.8) is 0 Å². The van der Waals surface area contributed by atoms with E-state index in [4.69, 9.17) is 4.74 Å². The molecule has 6 heteroatoms. The monoisotopic (exact) mass is 386 g/mol. The summed E-state index contributed by atoms with van der Waals surface area (Å²) in [4.78, 5) is 19.2. The zero-order valence-corrected chi connectivity index (χ0v) is 17.2. The molecule has 1 saturated carbocycles. The predicted octanol–water partition coefficient (Wildman–Crippen LogP) is 2.90. The molecule has 2 fully saturated rings. The zero-order chi connectivity index (χ0) is 19.8. The molecular weight excluding hydrogens is 352 g/mol. The molecular formula is C22H34N4O2. The van der Waals surface area contributed by atoms with Gasteiger partial charge in [0, 0.05) is 31.6 Å². The third kappa shape index (κ3) is 5.63. The molecule has 1 aliphatic heterocycles. The lowest BCUT2D eigenvalue weighted by molar-refractivity contribution is -0.120. The van der Waals surface area contributed by atoms with Crippen LogP contribution in [-0.2, 0) is 4.79 Å². The van der Waals surface area contributed by atoms with Crippen molar-refractivity contribution in [2.45, 2.75) is 57.4 Å². The summed E-state index contributed by atoms with van der Waals surface area (Å²) < 4.78 is 5.25. The van der Waals surface area contributed by atoms with Crippen LogP contribution in [0.3, 0.4) is 0 Å². The van der Waals surface area contributed by atoms with Gasteiger partial charge in [0.2, 0.25) is 5.91 Å². The van der Waals surface area contributed by atoms with E-state index < -0.39 is 0 Å². The molecule has 1 atom stereocenters. The Kier molecular flexibility index (Phi) is 7.57. The Hall–Kier alpha value is -2.24. The van der Waals surface area contributed by atoms with Gasteiger partial charge in [0.25, 0.3) is 0 Å². The van der Waals surface area contributed by atoms with E-state index in [1.807, 2.05) is 12.1 Å². The number of nitrogens with one attached hydrogen (secondary N) is 2. The van der Waals surface area contributed by atoms with Crippen molar-refractivity contribution in [3.8, 4) is 5.75 Å². The number of benzene rings is 1. The quantitative estimate of drug-likeness (QED) is 0.583. The van der Waals surface area contributed by atoms with Gasteiger partial charge in [-0.3, -0.25) is 4.79 Å². The first-order chi connectivity index (χ1) is 13.7. The molecule has 1 aromatic rings. The largest absolute Gasteiger partial charge is 0.497 e. The number of rotatable bonds is 6. The lowest BCUT2D eigenvalue weighted by Crippen LogP contribution is -2.42. The van der Waals surface area contributed by atoms with Crippen molar-refractivity contribution >= 4 is 11.9 Å². The summed E-state index contributed by atoms with van der Waals surface area (Å²) >= 11 is 0. The molecule has 3 rings (SSSR count). The number of carbonyl (C=O) groups excluding carboxylic acids is 1. The van der Waals surface area contributed by atoms with Crippen LogP contribution in [0.15, 0.2) is 29.3 Å². The predicted molar refractivity (Wildman–Crippen MR) is 113 cm³/mol. The van der Waals surface area contributed by atoms with E-state index in [1.165, 1.54) is 24.8 Å². The van der Waals surface area contributed by atoms with Crippen LogP contribution in [-0.4, -0.2) is 56.1 Å². The normalized spacial score (nSPS) is 20.9. The van der Waals surface area contributed by atoms with Gasteiger partial charge in [-0.25, -0.2) is 4.99 Å². The number of hydrogen-bond acceptors (Lipinski definition) is 3. The molecule has 1 heterocycles. The number of amides is 1. The van der Waals surface area contributed by atoms with Crippen LogP contribution in [0.1, 0.15) is 56.9 Å². The van der Waals surface area contributed by atoms with Crippen LogP contribution < -0.4 is 15.4 Å². The van der Waals surface area contributed by atoms with Crippen LogP contribution in [0.5, 0.6) is 5.75 Å². The molecule has 2 N–H and O–H groups in total. The van der Waals surface area contributed by atoms with Gasteiger partial charge in [-0.05, 0) is 43.9 Å². The SMILES string of the molecule is CCNC(=NCC(=O)NC1CCCCC1)N1CCC(c2ccc(OC)cc2)C1. The lowest BCUT2D eigenvalue weighted by Gasteiger charge is -2.23. The standard InChI is InChI=1S/C22H34N4O2/c1-3-23-22(24-15-21(27)25-19-7-5-4-6-8-19)26-14-13-18(16-26)17-9-11-20(28-2)12-10-17/h9-12,18-19H,3-8,13-16H2,1-2H3,(H,23,24)(H,25,27). The van der Waals surface area contributed by atoms with E-state index in [2.05, 4.69) is 39.6 Å². The molecule has 1 unspecified atom stereocenters. The van der Waals surface area contributed by atoms with Crippen molar-refractivity contribution in [1.29, 1.82) is 0 Å². The number of aliphatic imine (C=N–C) groups is 1. The second-order valence-corrected chi connectivity index (χ2v) is 7.78. The van der Waals surface area contributed by atoms with Gasteiger partial charge >= 0.3 is 0 Å². The zero-order valence-electron chi connectivity index (χ0n) is 17.2. The van der Waals surface area contributed by atoms with E-state index in [1.54, 1.807) is 7.11 Å². The molecule has 154 valence electrons. The highest BCUT2D eigenvalue weighted by Gasteiger charge is 2.26. The summed E-state index contributed by atoms with van der Waals surface area (Å²) in [5.41, 5.74) is 1.33. The first-order valence-corrected chi connectivity index (χ1v) is 10.7. The second-order valence-electron chi connectivity index (χ2n) is 7.78. The highest BCUT2D eigenvalue weighted by Crippen LogP contribution is 2.28. The molecule has 0 aromatic heterocycles. The number of ether oxygens (including phenoxy) is 1. The maximum absolute atomic E-state index is 12.3. The Morgan fingerprint density at radius 3 is 2.61 bits per heavy atom. The Morgan fingerprint density at radius 2 is 1.93 bits per heavy atom. The first kappa shape index (κ1) is 20.5. The number of nitrogens with zero attached hydrogens (tertiary/aromatic N) is 2. The Labute approximate surface area is 168 Å². The summed E-state index contributed by atoms with van der Waals surface area (Å²) in [6, 6.07) is 8.67. The molecule has 6 nitrogen and oxygen atoms in total. The van der Waals surface area contributed by atoms with Crippen LogP contribution in [0.2, 0.25) is 0 Å². The van der Waals surface area contributed by atoms with E-state index in [0.717, 1.165) is 50.6 Å². The third-order valence-electron chi connectivity index (χ3n) is 5.75. The van der Waals surface area contributed by atoms with Gasteiger partial charge in [0.05, 0.1) is 7.11 Å². The average molecular weight is 387 g/mol. The Balaban J connectivity index is 1.55. The minimum Gasteiger partial charge on any atom is -0.497 e. The topological polar surface area (TPSA) is 66.0 Å². The number of hydrogen-bond donors (Lipinski definition) is 2. The highest BCUT2D eigenvalue weighted by atomic mass is 16.5. The van der Waals surface area contributed by atoms with E-state index >= 15 is 0 Å². The molecule has 28 heavy (non-hydrogen) atoms. The summed E-state index contributed by atoms with van der Waals surface area (Å²) in [5.74, 6) is 2.24. The summed E-state index contributed by atoms with van der Waals surface area (Å²) in [5, 5.41) is 6.50. The fourth-order valence-corrected chi connectivity index (χ4v) is 4.19. The fourth-order valence-electron chi connectivity index (χ4n) is 4.19. The molecule has 1 aliphatic carbocycles. The summed E-state index contributed by atoms with van der Waals surface area (Å²) in [7, 11) is 1.69. The Bertz CT molecular complexity index is 653. The van der Waals surface area contributed by atoms with Crippen molar-refractivity contribution in [2.75, 3.05) is 33.3 Å². The number of likely N-dealkylation sites (tertiary alicyclic amines) is 1. The molecule has 1 saturated heterocycles. The number of carbonyl (C=O) groups is 1. The van der Waals surface area contributed by atoms with Gasteiger partial charge in [-0.1, -0.05) is 31.4 Å². The van der Waals surface area contributed by atoms with Crippen LogP contribution in [0.4, 0.5) is 0 Å². The molecule has 1 amide bonds. The average Bonchev–Trinajstić information content (AvgIpc) is 3.22. The van der Waals surface area contributed by atoms with Crippen LogP contribution in [0.25, 0.3) is 0 Å². The summed E-state index contributed by atoms with van der Waals surface area (Å²) in [6.45, 7) is 4.93.